The molecule has 2 aromatic heterocycles. The Labute approximate surface area is 139 Å². The lowest BCUT2D eigenvalue weighted by atomic mass is 10.1. The second kappa shape index (κ2) is 6.17. The van der Waals surface area contributed by atoms with Crippen molar-refractivity contribution in [2.24, 2.45) is 5.92 Å². The molecule has 0 aliphatic carbocycles. The molecule has 7 nitrogen and oxygen atoms in total. The van der Waals surface area contributed by atoms with Crippen LogP contribution in [0.25, 0.3) is 5.88 Å². The fourth-order valence-electron chi connectivity index (χ4n) is 2.92. The van der Waals surface area contributed by atoms with Gasteiger partial charge in [0.2, 0.25) is 5.88 Å². The largest absolute Gasteiger partial charge is 0.443 e. The molecule has 1 aliphatic rings. The number of aryl methyl sites for hydroxylation is 1. The molecule has 1 aliphatic heterocycles. The van der Waals surface area contributed by atoms with Crippen molar-refractivity contribution in [1.82, 2.24) is 9.88 Å². The van der Waals surface area contributed by atoms with Crippen LogP contribution in [-0.2, 0) is 9.84 Å². The minimum atomic E-state index is -2.98. The summed E-state index contributed by atoms with van der Waals surface area (Å²) in [5.41, 5.74) is 0.363. The van der Waals surface area contributed by atoms with Crippen molar-refractivity contribution in [3.63, 3.8) is 0 Å². The molecule has 1 N–H and O–H groups in total. The highest BCUT2D eigenvalue weighted by Gasteiger charge is 2.29. The van der Waals surface area contributed by atoms with Gasteiger partial charge in [-0.05, 0) is 31.4 Å². The number of nitrogens with one attached hydrogen (secondary N) is 1. The standard InChI is InChI=1S/C16H17N3O4S/c1-11-14(13(8-17)16(23-11)19-5-2-3-6-19)15(20)18-9-12-4-7-24(21,22)10-12/h2-3,5-6,12H,4,7,9-10H2,1H3,(H,18,20). The Balaban J connectivity index is 1.79. The lowest BCUT2D eigenvalue weighted by Crippen LogP contribution is -2.30. The molecule has 126 valence electrons. The maximum atomic E-state index is 12.5. The van der Waals surface area contributed by atoms with Crippen LogP contribution in [0.2, 0.25) is 0 Å². The van der Waals surface area contributed by atoms with Gasteiger partial charge >= 0.3 is 0 Å². The van der Waals surface area contributed by atoms with Gasteiger partial charge in [0.1, 0.15) is 23.0 Å². The van der Waals surface area contributed by atoms with E-state index in [1.165, 1.54) is 0 Å². The van der Waals surface area contributed by atoms with E-state index in [2.05, 4.69) is 5.32 Å². The molecule has 1 unspecified atom stereocenters. The van der Waals surface area contributed by atoms with Gasteiger partial charge in [0.15, 0.2) is 9.84 Å². The van der Waals surface area contributed by atoms with E-state index in [-0.39, 0.29) is 35.1 Å². The quantitative estimate of drug-likeness (QED) is 0.900. The van der Waals surface area contributed by atoms with Gasteiger partial charge in [-0.15, -0.1) is 0 Å². The van der Waals surface area contributed by atoms with Crippen LogP contribution in [0.1, 0.15) is 28.1 Å². The van der Waals surface area contributed by atoms with E-state index in [0.29, 0.717) is 18.1 Å². The second-order valence-corrected chi connectivity index (χ2v) is 8.12. The van der Waals surface area contributed by atoms with Crippen molar-refractivity contribution in [2.75, 3.05) is 18.1 Å². The summed E-state index contributed by atoms with van der Waals surface area (Å²) in [5, 5.41) is 12.2. The zero-order valence-corrected chi connectivity index (χ0v) is 14.0. The van der Waals surface area contributed by atoms with Crippen molar-refractivity contribution in [3.8, 4) is 12.0 Å². The molecule has 1 amide bonds. The fraction of sp³-hybridized carbons (Fsp3) is 0.375. The summed E-state index contributed by atoms with van der Waals surface area (Å²) in [6.45, 7) is 1.90. The molecule has 1 fully saturated rings. The molecule has 24 heavy (non-hydrogen) atoms. The molecule has 0 bridgehead atoms. The third-order valence-corrected chi connectivity index (χ3v) is 5.96. The summed E-state index contributed by atoms with van der Waals surface area (Å²) >= 11 is 0. The molecule has 3 heterocycles. The van der Waals surface area contributed by atoms with E-state index < -0.39 is 15.7 Å². The fourth-order valence-corrected chi connectivity index (χ4v) is 4.78. The zero-order chi connectivity index (χ0) is 17.3. The van der Waals surface area contributed by atoms with Gasteiger partial charge in [-0.1, -0.05) is 0 Å². The van der Waals surface area contributed by atoms with Crippen molar-refractivity contribution < 1.29 is 17.6 Å². The molecule has 2 aromatic rings. The predicted octanol–water partition coefficient (Wildman–Crippen LogP) is 1.41. The number of hydrogen-bond acceptors (Lipinski definition) is 5. The smallest absolute Gasteiger partial charge is 0.256 e. The van der Waals surface area contributed by atoms with Crippen molar-refractivity contribution in [3.05, 3.63) is 41.4 Å². The van der Waals surface area contributed by atoms with Crippen molar-refractivity contribution in [2.45, 2.75) is 13.3 Å². The highest BCUT2D eigenvalue weighted by atomic mass is 32.2. The first kappa shape index (κ1) is 16.3. The number of nitriles is 1. The van der Waals surface area contributed by atoms with Crippen LogP contribution in [0.4, 0.5) is 0 Å². The maximum Gasteiger partial charge on any atom is 0.256 e. The molecular weight excluding hydrogens is 330 g/mol. The van der Waals surface area contributed by atoms with Crippen LogP contribution < -0.4 is 5.32 Å². The molecule has 0 spiro atoms. The molecule has 3 rings (SSSR count). The van der Waals surface area contributed by atoms with E-state index in [9.17, 15) is 18.5 Å². The molecule has 1 saturated heterocycles. The Morgan fingerprint density at radius 2 is 2.17 bits per heavy atom. The Morgan fingerprint density at radius 1 is 1.46 bits per heavy atom. The lowest BCUT2D eigenvalue weighted by molar-refractivity contribution is 0.0946. The first-order chi connectivity index (χ1) is 11.4. The van der Waals surface area contributed by atoms with Crippen LogP contribution in [0, 0.1) is 24.2 Å². The van der Waals surface area contributed by atoms with Crippen LogP contribution in [0.3, 0.4) is 0 Å². The molecule has 0 saturated carbocycles. The number of furan rings is 1. The molecular formula is C16H17N3O4S. The number of sulfone groups is 1. The van der Waals surface area contributed by atoms with E-state index in [4.69, 9.17) is 4.42 Å². The number of carbonyl (C=O) groups excluding carboxylic acids is 1. The minimum absolute atomic E-state index is 0.0828. The number of carbonyl (C=O) groups is 1. The number of hydrogen-bond donors (Lipinski definition) is 1. The van der Waals surface area contributed by atoms with Crippen LogP contribution in [0.5, 0.6) is 0 Å². The Morgan fingerprint density at radius 3 is 2.75 bits per heavy atom. The number of amides is 1. The summed E-state index contributed by atoms with van der Waals surface area (Å²) in [6.07, 6.45) is 4.00. The molecule has 0 radical (unpaired) electrons. The van der Waals surface area contributed by atoms with Crippen LogP contribution >= 0.6 is 0 Å². The maximum absolute atomic E-state index is 12.5. The summed E-state index contributed by atoms with van der Waals surface area (Å²) in [4.78, 5) is 12.5. The summed E-state index contributed by atoms with van der Waals surface area (Å²) in [6, 6.07) is 5.61. The topological polar surface area (TPSA) is 105 Å². The van der Waals surface area contributed by atoms with Gasteiger partial charge in [0, 0.05) is 18.9 Å². The van der Waals surface area contributed by atoms with E-state index >= 15 is 0 Å². The predicted molar refractivity (Wildman–Crippen MR) is 86.6 cm³/mol. The van der Waals surface area contributed by atoms with Crippen LogP contribution in [0.15, 0.2) is 28.9 Å². The average Bonchev–Trinajstić information content (AvgIpc) is 3.23. The van der Waals surface area contributed by atoms with Crippen molar-refractivity contribution >= 4 is 15.7 Å². The zero-order valence-electron chi connectivity index (χ0n) is 13.2. The number of rotatable bonds is 4. The minimum Gasteiger partial charge on any atom is -0.443 e. The molecule has 1 atom stereocenters. The summed E-state index contributed by atoms with van der Waals surface area (Å²) < 4.78 is 30.2. The summed E-state index contributed by atoms with van der Waals surface area (Å²) in [7, 11) is -2.98. The number of nitrogens with zero attached hydrogens (tertiary/aromatic N) is 2. The Bertz CT molecular complexity index is 904. The number of aromatic nitrogens is 1. The van der Waals surface area contributed by atoms with Crippen molar-refractivity contribution in [1.29, 1.82) is 5.26 Å². The van der Waals surface area contributed by atoms with E-state index in [1.54, 1.807) is 36.0 Å². The third-order valence-electron chi connectivity index (χ3n) is 4.12. The van der Waals surface area contributed by atoms with Gasteiger partial charge in [0.25, 0.3) is 5.91 Å². The lowest BCUT2D eigenvalue weighted by Gasteiger charge is -2.09. The summed E-state index contributed by atoms with van der Waals surface area (Å²) in [5.74, 6) is 0.410. The molecule has 8 heteroatoms. The average molecular weight is 347 g/mol. The second-order valence-electron chi connectivity index (χ2n) is 5.89. The van der Waals surface area contributed by atoms with Gasteiger partial charge in [-0.2, -0.15) is 5.26 Å². The highest BCUT2D eigenvalue weighted by Crippen LogP contribution is 2.25. The SMILES string of the molecule is Cc1oc(-n2cccc2)c(C#N)c1C(=O)NCC1CCS(=O)(=O)C1. The Kier molecular flexibility index (Phi) is 4.20. The normalized spacial score (nSPS) is 19.1. The van der Waals surface area contributed by atoms with Gasteiger partial charge < -0.3 is 9.73 Å². The van der Waals surface area contributed by atoms with E-state index in [0.717, 1.165) is 0 Å². The van der Waals surface area contributed by atoms with Crippen LogP contribution in [-0.4, -0.2) is 36.9 Å². The highest BCUT2D eigenvalue weighted by molar-refractivity contribution is 7.91. The Hall–Kier alpha value is -2.53. The van der Waals surface area contributed by atoms with Gasteiger partial charge in [-0.3, -0.25) is 9.36 Å². The van der Waals surface area contributed by atoms with Gasteiger partial charge in [-0.25, -0.2) is 8.42 Å². The van der Waals surface area contributed by atoms with E-state index in [1.807, 2.05) is 6.07 Å². The first-order valence-corrected chi connectivity index (χ1v) is 9.39. The van der Waals surface area contributed by atoms with Gasteiger partial charge in [0.05, 0.1) is 11.5 Å². The molecule has 0 aromatic carbocycles. The third kappa shape index (κ3) is 3.08. The first-order valence-electron chi connectivity index (χ1n) is 7.56. The monoisotopic (exact) mass is 347 g/mol.